The van der Waals surface area contributed by atoms with Gasteiger partial charge in [0.05, 0.1) is 0 Å². The summed E-state index contributed by atoms with van der Waals surface area (Å²) in [6.45, 7) is 2.12. The Bertz CT molecular complexity index is 437. The van der Waals surface area contributed by atoms with Crippen LogP contribution in [0.5, 0.6) is 0 Å². The highest BCUT2D eigenvalue weighted by atomic mass is 19.2. The van der Waals surface area contributed by atoms with Gasteiger partial charge in [-0.15, -0.1) is 0 Å². The molecule has 1 aromatic rings. The van der Waals surface area contributed by atoms with Crippen molar-refractivity contribution < 1.29 is 13.2 Å². The smallest absolute Gasteiger partial charge is 0.194 e. The van der Waals surface area contributed by atoms with Crippen molar-refractivity contribution in [2.75, 3.05) is 0 Å². The molecular formula is C14H18F3N. The summed E-state index contributed by atoms with van der Waals surface area (Å²) in [5.41, 5.74) is 5.44. The fourth-order valence-electron chi connectivity index (χ4n) is 2.78. The van der Waals surface area contributed by atoms with Gasteiger partial charge in [-0.1, -0.05) is 19.4 Å². The van der Waals surface area contributed by atoms with E-state index in [2.05, 4.69) is 6.92 Å². The summed E-state index contributed by atoms with van der Waals surface area (Å²) >= 11 is 0. The first-order chi connectivity index (χ1) is 8.48. The molecule has 0 amide bonds. The lowest BCUT2D eigenvalue weighted by molar-refractivity contribution is 0.224. The lowest BCUT2D eigenvalue weighted by Crippen LogP contribution is -2.41. The Kier molecular flexibility index (Phi) is 3.66. The van der Waals surface area contributed by atoms with Gasteiger partial charge in [-0.25, -0.2) is 13.2 Å². The maximum absolute atomic E-state index is 13.8. The van der Waals surface area contributed by atoms with Crippen LogP contribution in [0.25, 0.3) is 0 Å². The molecule has 1 aliphatic rings. The molecule has 1 aliphatic carbocycles. The Morgan fingerprint density at radius 3 is 2.33 bits per heavy atom. The van der Waals surface area contributed by atoms with Crippen LogP contribution < -0.4 is 5.73 Å². The van der Waals surface area contributed by atoms with Gasteiger partial charge in [0, 0.05) is 11.1 Å². The molecule has 18 heavy (non-hydrogen) atoms. The van der Waals surface area contributed by atoms with E-state index in [1.165, 1.54) is 6.07 Å². The van der Waals surface area contributed by atoms with E-state index in [1.54, 1.807) is 0 Å². The fourth-order valence-corrected chi connectivity index (χ4v) is 2.78. The van der Waals surface area contributed by atoms with Crippen molar-refractivity contribution in [3.05, 3.63) is 35.1 Å². The van der Waals surface area contributed by atoms with Crippen LogP contribution in [-0.2, 0) is 5.54 Å². The first kappa shape index (κ1) is 13.4. The van der Waals surface area contributed by atoms with Crippen LogP contribution in [0.1, 0.15) is 44.6 Å². The normalized spacial score (nSPS) is 28.4. The molecule has 0 heterocycles. The van der Waals surface area contributed by atoms with Crippen molar-refractivity contribution in [2.24, 2.45) is 11.7 Å². The fraction of sp³-hybridized carbons (Fsp3) is 0.571. The van der Waals surface area contributed by atoms with Gasteiger partial charge in [0.15, 0.2) is 17.5 Å². The molecule has 2 N–H and O–H groups in total. The van der Waals surface area contributed by atoms with Crippen LogP contribution in [-0.4, -0.2) is 0 Å². The lowest BCUT2D eigenvalue weighted by Gasteiger charge is -2.37. The molecule has 0 unspecified atom stereocenters. The predicted molar refractivity (Wildman–Crippen MR) is 64.4 cm³/mol. The first-order valence-corrected chi connectivity index (χ1v) is 6.41. The highest BCUT2D eigenvalue weighted by Gasteiger charge is 2.36. The van der Waals surface area contributed by atoms with E-state index < -0.39 is 23.0 Å². The Hall–Kier alpha value is -1.03. The first-order valence-electron chi connectivity index (χ1n) is 6.41. The number of nitrogens with two attached hydrogens (primary N) is 1. The number of hydrogen-bond donors (Lipinski definition) is 1. The van der Waals surface area contributed by atoms with Gasteiger partial charge in [0.2, 0.25) is 0 Å². The van der Waals surface area contributed by atoms with E-state index in [4.69, 9.17) is 5.73 Å². The molecule has 4 heteroatoms. The molecular weight excluding hydrogens is 239 g/mol. The van der Waals surface area contributed by atoms with Gasteiger partial charge in [-0.05, 0) is 37.7 Å². The highest BCUT2D eigenvalue weighted by Crippen LogP contribution is 2.40. The molecule has 0 aliphatic heterocycles. The topological polar surface area (TPSA) is 26.0 Å². The number of halogens is 3. The van der Waals surface area contributed by atoms with E-state index in [1.807, 2.05) is 0 Å². The van der Waals surface area contributed by atoms with Gasteiger partial charge in [-0.3, -0.25) is 0 Å². The maximum atomic E-state index is 13.8. The molecule has 0 aromatic heterocycles. The average molecular weight is 257 g/mol. The van der Waals surface area contributed by atoms with E-state index >= 15 is 0 Å². The summed E-state index contributed by atoms with van der Waals surface area (Å²) in [6, 6.07) is 2.23. The SMILES string of the molecule is CCC1CCC(N)(c2ccc(F)c(F)c2F)CC1. The van der Waals surface area contributed by atoms with Gasteiger partial charge in [-0.2, -0.15) is 0 Å². The molecule has 0 saturated heterocycles. The molecule has 0 spiro atoms. The Morgan fingerprint density at radius 2 is 1.78 bits per heavy atom. The number of benzene rings is 1. The Balaban J connectivity index is 2.29. The lowest BCUT2D eigenvalue weighted by atomic mass is 9.72. The quantitative estimate of drug-likeness (QED) is 0.800. The minimum Gasteiger partial charge on any atom is -0.321 e. The van der Waals surface area contributed by atoms with E-state index in [0.29, 0.717) is 18.8 Å². The van der Waals surface area contributed by atoms with Crippen molar-refractivity contribution >= 4 is 0 Å². The molecule has 1 nitrogen and oxygen atoms in total. The standard InChI is InChI=1S/C14H18F3N/c1-2-9-5-7-14(18,8-6-9)10-3-4-11(15)13(17)12(10)16/h3-4,9H,2,5-8,18H2,1H3. The van der Waals surface area contributed by atoms with E-state index in [0.717, 1.165) is 25.3 Å². The van der Waals surface area contributed by atoms with Crippen LogP contribution >= 0.6 is 0 Å². The summed E-state index contributed by atoms with van der Waals surface area (Å²) in [6.07, 6.45) is 4.13. The van der Waals surface area contributed by atoms with Gasteiger partial charge >= 0.3 is 0 Å². The molecule has 1 fully saturated rings. The second-order valence-corrected chi connectivity index (χ2v) is 5.23. The molecule has 2 rings (SSSR count). The Labute approximate surface area is 105 Å². The van der Waals surface area contributed by atoms with Gasteiger partial charge < -0.3 is 5.73 Å². The van der Waals surface area contributed by atoms with Crippen molar-refractivity contribution in [2.45, 2.75) is 44.6 Å². The monoisotopic (exact) mass is 257 g/mol. The van der Waals surface area contributed by atoms with Crippen LogP contribution in [0.4, 0.5) is 13.2 Å². The zero-order chi connectivity index (χ0) is 13.3. The molecule has 100 valence electrons. The predicted octanol–water partition coefficient (Wildman–Crippen LogP) is 3.86. The summed E-state index contributed by atoms with van der Waals surface area (Å²) in [7, 11) is 0. The minimum absolute atomic E-state index is 0.107. The zero-order valence-electron chi connectivity index (χ0n) is 10.5. The minimum atomic E-state index is -1.42. The molecule has 1 aromatic carbocycles. The second kappa shape index (κ2) is 4.92. The van der Waals surface area contributed by atoms with Gasteiger partial charge in [0.1, 0.15) is 0 Å². The van der Waals surface area contributed by atoms with Crippen LogP contribution in [0.2, 0.25) is 0 Å². The van der Waals surface area contributed by atoms with Crippen molar-refractivity contribution in [1.82, 2.24) is 0 Å². The van der Waals surface area contributed by atoms with Crippen LogP contribution in [0.3, 0.4) is 0 Å². The van der Waals surface area contributed by atoms with Crippen molar-refractivity contribution in [1.29, 1.82) is 0 Å². The second-order valence-electron chi connectivity index (χ2n) is 5.23. The summed E-state index contributed by atoms with van der Waals surface area (Å²) in [5, 5.41) is 0. The largest absolute Gasteiger partial charge is 0.321 e. The zero-order valence-corrected chi connectivity index (χ0v) is 10.5. The Morgan fingerprint density at radius 1 is 1.17 bits per heavy atom. The van der Waals surface area contributed by atoms with E-state index in [9.17, 15) is 13.2 Å². The summed E-state index contributed by atoms with van der Waals surface area (Å²) in [5.74, 6) is -3.11. The van der Waals surface area contributed by atoms with Crippen LogP contribution in [0.15, 0.2) is 12.1 Å². The van der Waals surface area contributed by atoms with E-state index in [-0.39, 0.29) is 5.56 Å². The average Bonchev–Trinajstić information content (AvgIpc) is 2.37. The third-order valence-electron chi connectivity index (χ3n) is 4.15. The maximum Gasteiger partial charge on any atom is 0.194 e. The third kappa shape index (κ3) is 2.26. The molecule has 1 saturated carbocycles. The summed E-state index contributed by atoms with van der Waals surface area (Å²) in [4.78, 5) is 0. The van der Waals surface area contributed by atoms with Gasteiger partial charge in [0.25, 0.3) is 0 Å². The number of rotatable bonds is 2. The third-order valence-corrected chi connectivity index (χ3v) is 4.15. The van der Waals surface area contributed by atoms with Crippen molar-refractivity contribution in [3.8, 4) is 0 Å². The molecule has 0 radical (unpaired) electrons. The van der Waals surface area contributed by atoms with Crippen molar-refractivity contribution in [3.63, 3.8) is 0 Å². The molecule has 0 atom stereocenters. The van der Waals surface area contributed by atoms with Crippen LogP contribution in [0, 0.1) is 23.4 Å². The number of hydrogen-bond acceptors (Lipinski definition) is 1. The molecule has 0 bridgehead atoms. The highest BCUT2D eigenvalue weighted by molar-refractivity contribution is 5.28. The summed E-state index contributed by atoms with van der Waals surface area (Å²) < 4.78 is 39.9.